The highest BCUT2D eigenvalue weighted by molar-refractivity contribution is 9.10. The van der Waals surface area contributed by atoms with E-state index in [4.69, 9.17) is 5.73 Å². The molecule has 122 valence electrons. The number of piperazine rings is 1. The van der Waals surface area contributed by atoms with Gasteiger partial charge in [0.2, 0.25) is 0 Å². The number of rotatable bonds is 2. The van der Waals surface area contributed by atoms with E-state index in [2.05, 4.69) is 15.9 Å². The number of nitrogen functional groups attached to an aromatic ring is 1. The topological polar surface area (TPSA) is 32.5 Å². The molecule has 1 aliphatic heterocycles. The lowest BCUT2D eigenvalue weighted by Crippen LogP contribution is -2.47. The summed E-state index contributed by atoms with van der Waals surface area (Å²) in [6.07, 6.45) is 0. The number of nitrogens with two attached hydrogens (primary N) is 1. The summed E-state index contributed by atoms with van der Waals surface area (Å²) < 4.78 is 41.7. The lowest BCUT2D eigenvalue weighted by atomic mass is 10.2. The summed E-state index contributed by atoms with van der Waals surface area (Å²) in [6, 6.07) is 6.87. The van der Waals surface area contributed by atoms with Gasteiger partial charge in [-0.2, -0.15) is 0 Å². The average Bonchev–Trinajstić information content (AvgIpc) is 2.51. The van der Waals surface area contributed by atoms with Crippen LogP contribution in [0.25, 0.3) is 0 Å². The van der Waals surface area contributed by atoms with Crippen LogP contribution in [-0.4, -0.2) is 26.2 Å². The van der Waals surface area contributed by atoms with Crippen LogP contribution in [0.5, 0.6) is 0 Å². The second kappa shape index (κ2) is 6.31. The van der Waals surface area contributed by atoms with Crippen molar-refractivity contribution in [2.45, 2.75) is 0 Å². The molecule has 0 atom stereocenters. The van der Waals surface area contributed by atoms with Crippen molar-refractivity contribution in [3.63, 3.8) is 0 Å². The van der Waals surface area contributed by atoms with Gasteiger partial charge in [0, 0.05) is 37.9 Å². The first-order valence-corrected chi connectivity index (χ1v) is 7.94. The van der Waals surface area contributed by atoms with E-state index in [0.717, 1.165) is 6.07 Å². The summed E-state index contributed by atoms with van der Waals surface area (Å²) in [5, 5.41) is 0. The van der Waals surface area contributed by atoms with Gasteiger partial charge >= 0.3 is 0 Å². The van der Waals surface area contributed by atoms with Gasteiger partial charge in [-0.25, -0.2) is 13.2 Å². The second-order valence-electron chi connectivity index (χ2n) is 5.40. The van der Waals surface area contributed by atoms with Crippen molar-refractivity contribution in [2.24, 2.45) is 0 Å². The van der Waals surface area contributed by atoms with Gasteiger partial charge in [0.25, 0.3) is 0 Å². The highest BCUT2D eigenvalue weighted by atomic mass is 79.9. The molecule has 0 aromatic heterocycles. The molecule has 0 amide bonds. The summed E-state index contributed by atoms with van der Waals surface area (Å²) in [5.74, 6) is -1.36. The standard InChI is InChI=1S/C16H15BrF3N3/c17-11-8-14(20)16(9-12(11)18)23-5-3-22(4-6-23)15-2-1-10(21)7-13(15)19/h1-2,7-9H,3-6,21H2. The molecule has 23 heavy (non-hydrogen) atoms. The Bertz CT molecular complexity index is 731. The molecule has 0 saturated carbocycles. The molecule has 2 N–H and O–H groups in total. The maximum absolute atomic E-state index is 14.0. The normalized spacial score (nSPS) is 15.1. The van der Waals surface area contributed by atoms with Gasteiger partial charge in [-0.3, -0.25) is 0 Å². The summed E-state index contributed by atoms with van der Waals surface area (Å²) >= 11 is 2.96. The number of halogens is 4. The van der Waals surface area contributed by atoms with Gasteiger partial charge in [-0.05, 0) is 40.2 Å². The molecule has 1 saturated heterocycles. The smallest absolute Gasteiger partial charge is 0.148 e. The van der Waals surface area contributed by atoms with Gasteiger partial charge in [-0.15, -0.1) is 0 Å². The van der Waals surface area contributed by atoms with Crippen molar-refractivity contribution in [3.8, 4) is 0 Å². The Hall–Kier alpha value is -1.89. The molecule has 0 spiro atoms. The van der Waals surface area contributed by atoms with Crippen molar-refractivity contribution >= 4 is 33.0 Å². The van der Waals surface area contributed by atoms with Crippen LogP contribution in [0.15, 0.2) is 34.8 Å². The van der Waals surface area contributed by atoms with Crippen molar-refractivity contribution in [3.05, 3.63) is 52.3 Å². The van der Waals surface area contributed by atoms with Crippen molar-refractivity contribution in [1.29, 1.82) is 0 Å². The SMILES string of the molecule is Nc1ccc(N2CCN(c3cc(F)c(Br)cc3F)CC2)c(F)c1. The maximum atomic E-state index is 14.0. The quantitative estimate of drug-likeness (QED) is 0.630. The lowest BCUT2D eigenvalue weighted by Gasteiger charge is -2.37. The number of benzene rings is 2. The molecular weight excluding hydrogens is 371 g/mol. The van der Waals surface area contributed by atoms with E-state index in [1.54, 1.807) is 17.0 Å². The first-order valence-electron chi connectivity index (χ1n) is 7.15. The Labute approximate surface area is 140 Å². The Kier molecular flexibility index (Phi) is 4.39. The minimum Gasteiger partial charge on any atom is -0.399 e. The van der Waals surface area contributed by atoms with Crippen LogP contribution in [0.2, 0.25) is 0 Å². The molecule has 2 aromatic rings. The van der Waals surface area contributed by atoms with Crippen molar-refractivity contribution in [1.82, 2.24) is 0 Å². The van der Waals surface area contributed by atoms with Crippen LogP contribution in [0.3, 0.4) is 0 Å². The van der Waals surface area contributed by atoms with Crippen LogP contribution in [0.1, 0.15) is 0 Å². The maximum Gasteiger partial charge on any atom is 0.148 e. The highest BCUT2D eigenvalue weighted by Gasteiger charge is 2.22. The molecule has 0 radical (unpaired) electrons. The number of hydrogen-bond acceptors (Lipinski definition) is 3. The molecule has 0 unspecified atom stereocenters. The summed E-state index contributed by atoms with van der Waals surface area (Å²) in [6.45, 7) is 1.97. The first kappa shape index (κ1) is 16.0. The lowest BCUT2D eigenvalue weighted by molar-refractivity contribution is 0.570. The average molecular weight is 386 g/mol. The fourth-order valence-electron chi connectivity index (χ4n) is 2.72. The molecular formula is C16H15BrF3N3. The van der Waals surface area contributed by atoms with E-state index in [-0.39, 0.29) is 16.0 Å². The predicted octanol–water partition coefficient (Wildman–Crippen LogP) is 3.78. The van der Waals surface area contributed by atoms with E-state index >= 15 is 0 Å². The fraction of sp³-hybridized carbons (Fsp3) is 0.250. The molecule has 1 fully saturated rings. The first-order chi connectivity index (χ1) is 11.0. The Balaban J connectivity index is 1.75. The van der Waals surface area contributed by atoms with Crippen molar-refractivity contribution in [2.75, 3.05) is 41.7 Å². The van der Waals surface area contributed by atoms with Gasteiger partial charge in [-0.1, -0.05) is 0 Å². The molecule has 3 rings (SSSR count). The molecule has 0 aliphatic carbocycles. The third-order valence-corrected chi connectivity index (χ3v) is 4.53. The minimum atomic E-state index is -0.506. The zero-order chi connectivity index (χ0) is 16.6. The van der Waals surface area contributed by atoms with E-state index < -0.39 is 11.6 Å². The van der Waals surface area contributed by atoms with E-state index in [9.17, 15) is 13.2 Å². The summed E-state index contributed by atoms with van der Waals surface area (Å²) in [7, 11) is 0. The van der Waals surface area contributed by atoms with Crippen molar-refractivity contribution < 1.29 is 13.2 Å². The third kappa shape index (κ3) is 3.24. The minimum absolute atomic E-state index is 0.0985. The number of anilines is 3. The monoisotopic (exact) mass is 385 g/mol. The zero-order valence-electron chi connectivity index (χ0n) is 12.2. The molecule has 7 heteroatoms. The molecule has 1 aliphatic rings. The highest BCUT2D eigenvalue weighted by Crippen LogP contribution is 2.28. The van der Waals surface area contributed by atoms with Gasteiger partial charge in [0.1, 0.15) is 17.5 Å². The fourth-order valence-corrected chi connectivity index (χ4v) is 3.04. The number of hydrogen-bond donors (Lipinski definition) is 1. The second-order valence-corrected chi connectivity index (χ2v) is 6.26. The zero-order valence-corrected chi connectivity index (χ0v) is 13.8. The third-order valence-electron chi connectivity index (χ3n) is 3.92. The summed E-state index contributed by atoms with van der Waals surface area (Å²) in [4.78, 5) is 3.63. The largest absolute Gasteiger partial charge is 0.399 e. The molecule has 1 heterocycles. The van der Waals surface area contributed by atoms with Gasteiger partial charge < -0.3 is 15.5 Å². The van der Waals surface area contributed by atoms with Gasteiger partial charge in [0.05, 0.1) is 15.8 Å². The van der Waals surface area contributed by atoms with Crippen LogP contribution in [-0.2, 0) is 0 Å². The van der Waals surface area contributed by atoms with Gasteiger partial charge in [0.15, 0.2) is 0 Å². The number of nitrogens with zero attached hydrogens (tertiary/aromatic N) is 2. The van der Waals surface area contributed by atoms with E-state index in [0.29, 0.717) is 37.6 Å². The molecule has 2 aromatic carbocycles. The predicted molar refractivity (Wildman–Crippen MR) is 89.3 cm³/mol. The Morgan fingerprint density at radius 1 is 0.783 bits per heavy atom. The van der Waals surface area contributed by atoms with Crippen LogP contribution >= 0.6 is 15.9 Å². The van der Waals surface area contributed by atoms with E-state index in [1.165, 1.54) is 12.1 Å². The molecule has 0 bridgehead atoms. The van der Waals surface area contributed by atoms with Crippen LogP contribution in [0, 0.1) is 17.5 Å². The van der Waals surface area contributed by atoms with Crippen LogP contribution < -0.4 is 15.5 Å². The summed E-state index contributed by atoms with van der Waals surface area (Å²) in [5.41, 5.74) is 6.62. The Morgan fingerprint density at radius 3 is 1.96 bits per heavy atom. The van der Waals surface area contributed by atoms with Crippen LogP contribution in [0.4, 0.5) is 30.2 Å². The molecule has 3 nitrogen and oxygen atoms in total. The Morgan fingerprint density at radius 2 is 1.35 bits per heavy atom. The van der Waals surface area contributed by atoms with E-state index in [1.807, 2.05) is 4.90 Å².